The molecule has 0 aliphatic rings. The summed E-state index contributed by atoms with van der Waals surface area (Å²) in [5.41, 5.74) is 0.459. The molecule has 1 atom stereocenters. The number of aromatic nitrogens is 1. The summed E-state index contributed by atoms with van der Waals surface area (Å²) in [7, 11) is -3.78. The van der Waals surface area contributed by atoms with E-state index in [2.05, 4.69) is 15.0 Å². The van der Waals surface area contributed by atoms with Crippen LogP contribution in [0.3, 0.4) is 0 Å². The highest BCUT2D eigenvalue weighted by Crippen LogP contribution is 2.22. The summed E-state index contributed by atoms with van der Waals surface area (Å²) in [4.78, 5) is 16.5. The molecule has 3 aromatic carbocycles. The molecule has 8 heteroatoms. The Morgan fingerprint density at radius 2 is 1.62 bits per heavy atom. The number of fused-ring (bicyclic) bond motifs is 1. The van der Waals surface area contributed by atoms with Crippen molar-refractivity contribution in [1.29, 1.82) is 0 Å². The molecule has 32 heavy (non-hydrogen) atoms. The second-order valence-corrected chi connectivity index (χ2v) is 8.79. The van der Waals surface area contributed by atoms with Gasteiger partial charge in [-0.25, -0.2) is 13.4 Å². The zero-order valence-corrected chi connectivity index (χ0v) is 18.0. The lowest BCUT2D eigenvalue weighted by Gasteiger charge is -2.15. The van der Waals surface area contributed by atoms with E-state index < -0.39 is 16.1 Å². The van der Waals surface area contributed by atoms with Crippen LogP contribution in [0.1, 0.15) is 6.92 Å². The van der Waals surface area contributed by atoms with Gasteiger partial charge in [-0.05, 0) is 66.2 Å². The van der Waals surface area contributed by atoms with Gasteiger partial charge in [0.1, 0.15) is 11.6 Å². The normalized spacial score (nSPS) is 12.2. The minimum Gasteiger partial charge on any atom is -0.481 e. The first-order valence-electron chi connectivity index (χ1n) is 9.91. The number of rotatable bonds is 7. The van der Waals surface area contributed by atoms with Gasteiger partial charge in [-0.15, -0.1) is 0 Å². The van der Waals surface area contributed by atoms with Gasteiger partial charge in [-0.3, -0.25) is 9.52 Å². The van der Waals surface area contributed by atoms with Gasteiger partial charge >= 0.3 is 0 Å². The Balaban J connectivity index is 1.39. The molecule has 0 aliphatic heterocycles. The number of hydrogen-bond acceptors (Lipinski definition) is 5. The second kappa shape index (κ2) is 9.07. The third-order valence-electron chi connectivity index (χ3n) is 4.74. The maximum Gasteiger partial charge on any atom is 0.265 e. The minimum atomic E-state index is -3.78. The fourth-order valence-corrected chi connectivity index (χ4v) is 4.09. The standard InChI is InChI=1S/C24H21N3O4S/c1-17(31-21-12-9-18-6-2-3-7-19(18)16-21)24(28)26-20-10-13-22(14-11-20)32(29,30)27-23-8-4-5-15-25-23/h2-17H,1H3,(H,25,27)(H,26,28). The van der Waals surface area contributed by atoms with Gasteiger partial charge < -0.3 is 10.1 Å². The van der Waals surface area contributed by atoms with E-state index in [1.54, 1.807) is 25.1 Å². The third-order valence-corrected chi connectivity index (χ3v) is 6.11. The SMILES string of the molecule is CC(Oc1ccc2ccccc2c1)C(=O)Nc1ccc(S(=O)(=O)Nc2ccccn2)cc1. The van der Waals surface area contributed by atoms with Crippen LogP contribution in [-0.4, -0.2) is 25.4 Å². The molecule has 4 aromatic rings. The number of pyridine rings is 1. The summed E-state index contributed by atoms with van der Waals surface area (Å²) in [6, 6.07) is 24.3. The molecule has 0 spiro atoms. The van der Waals surface area contributed by atoms with E-state index in [9.17, 15) is 13.2 Å². The van der Waals surface area contributed by atoms with Gasteiger partial charge in [-0.1, -0.05) is 36.4 Å². The topological polar surface area (TPSA) is 97.4 Å². The average Bonchev–Trinajstić information content (AvgIpc) is 2.79. The number of amides is 1. The highest BCUT2D eigenvalue weighted by Gasteiger charge is 2.17. The Morgan fingerprint density at radius 1 is 0.906 bits per heavy atom. The molecule has 4 rings (SSSR count). The third kappa shape index (κ3) is 5.04. The highest BCUT2D eigenvalue weighted by atomic mass is 32.2. The van der Waals surface area contributed by atoms with Gasteiger partial charge in [-0.2, -0.15) is 0 Å². The molecule has 1 aromatic heterocycles. The molecular formula is C24H21N3O4S. The fraction of sp³-hybridized carbons (Fsp3) is 0.0833. The summed E-state index contributed by atoms with van der Waals surface area (Å²) >= 11 is 0. The lowest BCUT2D eigenvalue weighted by Crippen LogP contribution is -2.30. The number of nitrogens with zero attached hydrogens (tertiary/aromatic N) is 1. The Bertz CT molecular complexity index is 1340. The number of sulfonamides is 1. The van der Waals surface area contributed by atoms with Crippen LogP contribution in [0.2, 0.25) is 0 Å². The van der Waals surface area contributed by atoms with Gasteiger partial charge in [0, 0.05) is 11.9 Å². The molecule has 0 aliphatic carbocycles. The molecule has 162 valence electrons. The van der Waals surface area contributed by atoms with Crippen molar-refractivity contribution in [2.75, 3.05) is 10.0 Å². The fourth-order valence-electron chi connectivity index (χ4n) is 3.08. The predicted octanol–water partition coefficient (Wildman–Crippen LogP) is 4.44. The first kappa shape index (κ1) is 21.3. The van der Waals surface area contributed by atoms with Crippen molar-refractivity contribution in [3.63, 3.8) is 0 Å². The number of carbonyl (C=O) groups is 1. The average molecular weight is 448 g/mol. The first-order valence-corrected chi connectivity index (χ1v) is 11.4. The van der Waals surface area contributed by atoms with E-state index in [1.807, 2.05) is 42.5 Å². The monoisotopic (exact) mass is 447 g/mol. The summed E-state index contributed by atoms with van der Waals surface area (Å²) < 4.78 is 33.1. The summed E-state index contributed by atoms with van der Waals surface area (Å²) in [6.07, 6.45) is 0.753. The molecule has 0 saturated carbocycles. The van der Waals surface area contributed by atoms with Crippen LogP contribution in [-0.2, 0) is 14.8 Å². The van der Waals surface area contributed by atoms with E-state index in [4.69, 9.17) is 4.74 Å². The van der Waals surface area contributed by atoms with Crippen molar-refractivity contribution in [2.24, 2.45) is 0 Å². The predicted molar refractivity (Wildman–Crippen MR) is 124 cm³/mol. The highest BCUT2D eigenvalue weighted by molar-refractivity contribution is 7.92. The van der Waals surface area contributed by atoms with Crippen LogP contribution in [0.25, 0.3) is 10.8 Å². The van der Waals surface area contributed by atoms with Crippen LogP contribution < -0.4 is 14.8 Å². The maximum atomic E-state index is 12.5. The maximum absolute atomic E-state index is 12.5. The molecule has 2 N–H and O–H groups in total. The van der Waals surface area contributed by atoms with E-state index >= 15 is 0 Å². The number of nitrogens with one attached hydrogen (secondary N) is 2. The number of carbonyl (C=O) groups excluding carboxylic acids is 1. The molecule has 0 fully saturated rings. The van der Waals surface area contributed by atoms with Gasteiger partial charge in [0.2, 0.25) is 0 Å². The number of benzene rings is 3. The zero-order valence-electron chi connectivity index (χ0n) is 17.2. The Hall–Kier alpha value is -3.91. The van der Waals surface area contributed by atoms with Crippen LogP contribution in [0.4, 0.5) is 11.5 Å². The van der Waals surface area contributed by atoms with E-state index in [0.29, 0.717) is 11.4 Å². The van der Waals surface area contributed by atoms with Crippen molar-refractivity contribution in [2.45, 2.75) is 17.9 Å². The Morgan fingerprint density at radius 3 is 2.34 bits per heavy atom. The van der Waals surface area contributed by atoms with Gasteiger partial charge in [0.15, 0.2) is 6.10 Å². The number of anilines is 2. The van der Waals surface area contributed by atoms with E-state index in [1.165, 1.54) is 30.5 Å². The first-order chi connectivity index (χ1) is 15.4. The van der Waals surface area contributed by atoms with Crippen molar-refractivity contribution < 1.29 is 17.9 Å². The van der Waals surface area contributed by atoms with Crippen LogP contribution in [0, 0.1) is 0 Å². The smallest absolute Gasteiger partial charge is 0.265 e. The van der Waals surface area contributed by atoms with Gasteiger partial charge in [0.25, 0.3) is 15.9 Å². The summed E-state index contributed by atoms with van der Waals surface area (Å²) in [6.45, 7) is 1.65. The molecule has 0 saturated heterocycles. The minimum absolute atomic E-state index is 0.0571. The number of hydrogen-bond donors (Lipinski definition) is 2. The molecule has 7 nitrogen and oxygen atoms in total. The van der Waals surface area contributed by atoms with Crippen LogP contribution in [0.15, 0.2) is 96.0 Å². The second-order valence-electron chi connectivity index (χ2n) is 7.10. The van der Waals surface area contributed by atoms with Crippen LogP contribution in [0.5, 0.6) is 5.75 Å². The van der Waals surface area contributed by atoms with Crippen molar-refractivity contribution in [3.05, 3.63) is 91.1 Å². The summed E-state index contributed by atoms with van der Waals surface area (Å²) in [5, 5.41) is 4.85. The largest absolute Gasteiger partial charge is 0.481 e. The molecule has 1 unspecified atom stereocenters. The van der Waals surface area contributed by atoms with Crippen molar-refractivity contribution >= 4 is 38.2 Å². The Kier molecular flexibility index (Phi) is 6.04. The summed E-state index contributed by atoms with van der Waals surface area (Å²) in [5.74, 6) is 0.471. The lowest BCUT2D eigenvalue weighted by atomic mass is 10.1. The number of ether oxygens (including phenoxy) is 1. The molecule has 1 heterocycles. The molecular weight excluding hydrogens is 426 g/mol. The Labute approximate surface area is 186 Å². The molecule has 0 radical (unpaired) electrons. The van der Waals surface area contributed by atoms with E-state index in [-0.39, 0.29) is 16.6 Å². The van der Waals surface area contributed by atoms with Gasteiger partial charge in [0.05, 0.1) is 4.90 Å². The quantitative estimate of drug-likeness (QED) is 0.436. The zero-order chi connectivity index (χ0) is 22.6. The molecule has 0 bridgehead atoms. The molecule has 1 amide bonds. The van der Waals surface area contributed by atoms with Crippen molar-refractivity contribution in [1.82, 2.24) is 4.98 Å². The van der Waals surface area contributed by atoms with Crippen LogP contribution >= 0.6 is 0 Å². The van der Waals surface area contributed by atoms with Crippen molar-refractivity contribution in [3.8, 4) is 5.75 Å². The lowest BCUT2D eigenvalue weighted by molar-refractivity contribution is -0.122. The van der Waals surface area contributed by atoms with E-state index in [0.717, 1.165) is 10.8 Å².